The van der Waals surface area contributed by atoms with Crippen molar-refractivity contribution in [3.63, 3.8) is 0 Å². The van der Waals surface area contributed by atoms with E-state index in [1.807, 2.05) is 0 Å². The highest BCUT2D eigenvalue weighted by Crippen LogP contribution is 2.19. The summed E-state index contributed by atoms with van der Waals surface area (Å²) in [5.41, 5.74) is 0. The molecule has 0 amide bonds. The van der Waals surface area contributed by atoms with Crippen LogP contribution in [0.2, 0.25) is 0 Å². The predicted molar refractivity (Wildman–Crippen MR) is 52.8 cm³/mol. The smallest absolute Gasteiger partial charge is 0.0440 e. The fourth-order valence-electron chi connectivity index (χ4n) is 1.91. The van der Waals surface area contributed by atoms with E-state index < -0.39 is 0 Å². The van der Waals surface area contributed by atoms with Gasteiger partial charge in [0.15, 0.2) is 0 Å². The van der Waals surface area contributed by atoms with E-state index in [-0.39, 0.29) is 0 Å². The van der Waals surface area contributed by atoms with Gasteiger partial charge in [0, 0.05) is 0 Å². The molecule has 68 valence electrons. The van der Waals surface area contributed by atoms with Gasteiger partial charge in [0.1, 0.15) is 0 Å². The molecule has 0 N–H and O–H groups in total. The molecule has 0 aliphatic rings. The molecule has 0 spiro atoms. The maximum absolute atomic E-state index is 2.38. The average molecular weight is 156 g/mol. The van der Waals surface area contributed by atoms with Gasteiger partial charge in [-0.15, -0.1) is 0 Å². The normalized spacial score (nSPS) is 16.4. The van der Waals surface area contributed by atoms with E-state index in [9.17, 15) is 0 Å². The average Bonchev–Trinajstić information content (AvgIpc) is 1.87. The molecule has 2 unspecified atom stereocenters. The van der Waals surface area contributed by atoms with Gasteiger partial charge in [-0.2, -0.15) is 0 Å². The van der Waals surface area contributed by atoms with Crippen molar-refractivity contribution in [2.24, 2.45) is 11.8 Å². The topological polar surface area (TPSA) is 0 Å². The third-order valence-corrected chi connectivity index (χ3v) is 2.37. The Morgan fingerprint density at radius 3 is 1.45 bits per heavy atom. The molecular formula is C11H24. The quantitative estimate of drug-likeness (QED) is 0.539. The largest absolute Gasteiger partial charge is 0.0654 e. The molecule has 0 aromatic heterocycles. The summed E-state index contributed by atoms with van der Waals surface area (Å²) in [6.45, 7) is 9.33. The number of hydrogen-bond donors (Lipinski definition) is 0. The first-order valence-corrected chi connectivity index (χ1v) is 5.20. The molecule has 2 atom stereocenters. The number of hydrogen-bond acceptors (Lipinski definition) is 0. The van der Waals surface area contributed by atoms with Gasteiger partial charge in [-0.05, 0) is 18.3 Å². The first-order valence-electron chi connectivity index (χ1n) is 5.20. The minimum Gasteiger partial charge on any atom is -0.0654 e. The van der Waals surface area contributed by atoms with E-state index in [1.165, 1.54) is 32.1 Å². The molecule has 0 fully saturated rings. The van der Waals surface area contributed by atoms with Crippen LogP contribution in [-0.2, 0) is 0 Å². The fraction of sp³-hybridized carbons (Fsp3) is 1.00. The lowest BCUT2D eigenvalue weighted by atomic mass is 9.91. The van der Waals surface area contributed by atoms with E-state index in [1.54, 1.807) is 0 Å². The van der Waals surface area contributed by atoms with Crippen molar-refractivity contribution < 1.29 is 0 Å². The van der Waals surface area contributed by atoms with Crippen molar-refractivity contribution in [3.05, 3.63) is 0 Å². The standard InChI is InChI=1S/C11H24/c1-5-7-10(3)9-11(4)8-6-2/h10-11H,5-9H2,1-4H3. The fourth-order valence-corrected chi connectivity index (χ4v) is 1.91. The third kappa shape index (κ3) is 6.40. The molecule has 0 nitrogen and oxygen atoms in total. The van der Waals surface area contributed by atoms with Gasteiger partial charge in [-0.3, -0.25) is 0 Å². The highest BCUT2D eigenvalue weighted by molar-refractivity contribution is 4.58. The summed E-state index contributed by atoms with van der Waals surface area (Å²) in [6.07, 6.45) is 6.95. The van der Waals surface area contributed by atoms with E-state index in [2.05, 4.69) is 27.7 Å². The molecule has 11 heavy (non-hydrogen) atoms. The molecule has 0 rings (SSSR count). The second-order valence-corrected chi connectivity index (χ2v) is 4.02. The van der Waals surface area contributed by atoms with Crippen LogP contribution in [0.5, 0.6) is 0 Å². The van der Waals surface area contributed by atoms with Gasteiger partial charge in [-0.25, -0.2) is 0 Å². The second-order valence-electron chi connectivity index (χ2n) is 4.02. The van der Waals surface area contributed by atoms with Crippen LogP contribution < -0.4 is 0 Å². The number of rotatable bonds is 6. The molecule has 0 aliphatic heterocycles. The Labute approximate surface area is 72.4 Å². The van der Waals surface area contributed by atoms with Crippen molar-refractivity contribution in [2.75, 3.05) is 0 Å². The van der Waals surface area contributed by atoms with E-state index in [4.69, 9.17) is 0 Å². The Morgan fingerprint density at radius 1 is 0.818 bits per heavy atom. The molecule has 0 aromatic rings. The van der Waals surface area contributed by atoms with E-state index in [0.29, 0.717) is 0 Å². The molecule has 0 bridgehead atoms. The lowest BCUT2D eigenvalue weighted by Crippen LogP contribution is -2.02. The van der Waals surface area contributed by atoms with Crippen LogP contribution in [0.15, 0.2) is 0 Å². The SMILES string of the molecule is CCCC(C)CC(C)CCC. The second kappa shape index (κ2) is 6.69. The molecule has 0 radical (unpaired) electrons. The summed E-state index contributed by atoms with van der Waals surface area (Å²) in [5.74, 6) is 1.89. The zero-order valence-electron chi connectivity index (χ0n) is 8.69. The zero-order chi connectivity index (χ0) is 8.69. The van der Waals surface area contributed by atoms with Gasteiger partial charge in [0.2, 0.25) is 0 Å². The summed E-state index contributed by atoms with van der Waals surface area (Å²) in [5, 5.41) is 0. The highest BCUT2D eigenvalue weighted by Gasteiger charge is 2.06. The Kier molecular flexibility index (Phi) is 6.69. The minimum atomic E-state index is 0.946. The third-order valence-electron chi connectivity index (χ3n) is 2.37. The summed E-state index contributed by atoms with van der Waals surface area (Å²) in [7, 11) is 0. The monoisotopic (exact) mass is 156 g/mol. The van der Waals surface area contributed by atoms with Gasteiger partial charge in [0.05, 0.1) is 0 Å². The Hall–Kier alpha value is 0. The van der Waals surface area contributed by atoms with Crippen molar-refractivity contribution in [1.29, 1.82) is 0 Å². The van der Waals surface area contributed by atoms with Crippen LogP contribution in [0.25, 0.3) is 0 Å². The Balaban J connectivity index is 3.32. The van der Waals surface area contributed by atoms with Crippen LogP contribution in [0.3, 0.4) is 0 Å². The molecule has 0 aliphatic carbocycles. The molecule has 0 aromatic carbocycles. The van der Waals surface area contributed by atoms with Gasteiger partial charge in [-0.1, -0.05) is 53.4 Å². The lowest BCUT2D eigenvalue weighted by Gasteiger charge is -2.15. The van der Waals surface area contributed by atoms with Gasteiger partial charge >= 0.3 is 0 Å². The first kappa shape index (κ1) is 11.0. The summed E-state index contributed by atoms with van der Waals surface area (Å²) < 4.78 is 0. The molecule has 0 saturated heterocycles. The summed E-state index contributed by atoms with van der Waals surface area (Å²) >= 11 is 0. The van der Waals surface area contributed by atoms with Gasteiger partial charge in [0.25, 0.3) is 0 Å². The summed E-state index contributed by atoms with van der Waals surface area (Å²) in [6, 6.07) is 0. The molecular weight excluding hydrogens is 132 g/mol. The Bertz CT molecular complexity index is 66.1. The first-order chi connectivity index (χ1) is 5.20. The molecule has 0 saturated carbocycles. The lowest BCUT2D eigenvalue weighted by molar-refractivity contribution is 0.373. The van der Waals surface area contributed by atoms with Crippen molar-refractivity contribution in [3.8, 4) is 0 Å². The van der Waals surface area contributed by atoms with Crippen molar-refractivity contribution in [1.82, 2.24) is 0 Å². The van der Waals surface area contributed by atoms with E-state index in [0.717, 1.165) is 11.8 Å². The van der Waals surface area contributed by atoms with Gasteiger partial charge < -0.3 is 0 Å². The van der Waals surface area contributed by atoms with Crippen molar-refractivity contribution >= 4 is 0 Å². The van der Waals surface area contributed by atoms with Crippen LogP contribution in [0.4, 0.5) is 0 Å². The molecule has 0 heteroatoms. The van der Waals surface area contributed by atoms with Crippen LogP contribution in [0.1, 0.15) is 59.8 Å². The summed E-state index contributed by atoms with van der Waals surface area (Å²) in [4.78, 5) is 0. The predicted octanol–water partition coefficient (Wildman–Crippen LogP) is 4.25. The maximum atomic E-state index is 2.38. The van der Waals surface area contributed by atoms with Crippen molar-refractivity contribution in [2.45, 2.75) is 59.8 Å². The molecule has 0 heterocycles. The minimum absolute atomic E-state index is 0.946. The maximum Gasteiger partial charge on any atom is -0.0440 e. The van der Waals surface area contributed by atoms with Crippen LogP contribution in [-0.4, -0.2) is 0 Å². The van der Waals surface area contributed by atoms with Crippen LogP contribution >= 0.6 is 0 Å². The van der Waals surface area contributed by atoms with Crippen LogP contribution in [0, 0.1) is 11.8 Å². The zero-order valence-corrected chi connectivity index (χ0v) is 8.69. The van der Waals surface area contributed by atoms with E-state index >= 15 is 0 Å². The Morgan fingerprint density at radius 2 is 1.18 bits per heavy atom. The highest BCUT2D eigenvalue weighted by atomic mass is 14.1.